The summed E-state index contributed by atoms with van der Waals surface area (Å²) in [5.74, 6) is 1.70. The Bertz CT molecular complexity index is 1170. The highest BCUT2D eigenvalue weighted by Gasteiger charge is 2.14. The second kappa shape index (κ2) is 5.72. The Morgan fingerprint density at radius 2 is 1.76 bits per heavy atom. The molecular formula is C20H13N3OS. The minimum atomic E-state index is 0.812. The molecule has 0 fully saturated rings. The van der Waals surface area contributed by atoms with Gasteiger partial charge in [0.25, 0.3) is 0 Å². The predicted octanol–water partition coefficient (Wildman–Crippen LogP) is 5.63. The zero-order valence-electron chi connectivity index (χ0n) is 13.1. The first-order valence-electron chi connectivity index (χ1n) is 7.92. The van der Waals surface area contributed by atoms with E-state index in [4.69, 9.17) is 4.74 Å². The average Bonchev–Trinajstić information content (AvgIpc) is 3.32. The molecule has 0 saturated heterocycles. The molecule has 5 heteroatoms. The summed E-state index contributed by atoms with van der Waals surface area (Å²) >= 11 is 1.67. The molecule has 1 N–H and O–H groups in total. The van der Waals surface area contributed by atoms with Gasteiger partial charge in [-0.2, -0.15) is 15.4 Å². The minimum absolute atomic E-state index is 0.812. The van der Waals surface area contributed by atoms with Crippen molar-refractivity contribution in [3.05, 3.63) is 72.2 Å². The first-order valence-corrected chi connectivity index (χ1v) is 8.80. The number of thiophene rings is 1. The topological polar surface area (TPSA) is 50.8 Å². The SMILES string of the molecule is c1ccc2c(Oc3csc4cccc(-c5cn[nH]n5)c34)cccc2c1. The number of nitrogens with one attached hydrogen (secondary N) is 1. The molecule has 0 spiro atoms. The van der Waals surface area contributed by atoms with Crippen molar-refractivity contribution in [1.29, 1.82) is 0 Å². The molecule has 0 aliphatic carbocycles. The lowest BCUT2D eigenvalue weighted by atomic mass is 10.1. The number of H-pyrrole nitrogens is 1. The monoisotopic (exact) mass is 343 g/mol. The highest BCUT2D eigenvalue weighted by molar-refractivity contribution is 7.17. The highest BCUT2D eigenvalue weighted by atomic mass is 32.1. The van der Waals surface area contributed by atoms with Crippen LogP contribution in [0, 0.1) is 0 Å². The van der Waals surface area contributed by atoms with Gasteiger partial charge in [0.2, 0.25) is 0 Å². The summed E-state index contributed by atoms with van der Waals surface area (Å²) in [5, 5.41) is 16.2. The van der Waals surface area contributed by atoms with Crippen molar-refractivity contribution in [2.45, 2.75) is 0 Å². The van der Waals surface area contributed by atoms with Gasteiger partial charge in [-0.05, 0) is 17.5 Å². The van der Waals surface area contributed by atoms with Gasteiger partial charge in [0.05, 0.1) is 6.20 Å². The lowest BCUT2D eigenvalue weighted by molar-refractivity contribution is 0.496. The molecule has 0 amide bonds. The van der Waals surface area contributed by atoms with Crippen LogP contribution in [0.1, 0.15) is 0 Å². The molecule has 0 unspecified atom stereocenters. The molecule has 5 rings (SSSR count). The van der Waals surface area contributed by atoms with E-state index >= 15 is 0 Å². The summed E-state index contributed by atoms with van der Waals surface area (Å²) in [5.41, 5.74) is 1.83. The Kier molecular flexibility index (Phi) is 3.24. The maximum atomic E-state index is 6.34. The summed E-state index contributed by atoms with van der Waals surface area (Å²) < 4.78 is 7.50. The van der Waals surface area contributed by atoms with E-state index < -0.39 is 0 Å². The number of benzene rings is 3. The van der Waals surface area contributed by atoms with Gasteiger partial charge in [-0.15, -0.1) is 11.3 Å². The molecule has 5 aromatic rings. The maximum Gasteiger partial charge on any atom is 0.146 e. The number of fused-ring (bicyclic) bond motifs is 2. The van der Waals surface area contributed by atoms with Crippen LogP contribution < -0.4 is 4.74 Å². The fraction of sp³-hybridized carbons (Fsp3) is 0. The first-order chi connectivity index (χ1) is 12.4. The molecule has 0 aliphatic rings. The molecule has 25 heavy (non-hydrogen) atoms. The number of hydrogen-bond acceptors (Lipinski definition) is 4. The van der Waals surface area contributed by atoms with Gasteiger partial charge in [0, 0.05) is 26.4 Å². The summed E-state index contributed by atoms with van der Waals surface area (Å²) in [6, 6.07) is 20.5. The van der Waals surface area contributed by atoms with Crippen LogP contribution >= 0.6 is 11.3 Å². The molecular weight excluding hydrogens is 330 g/mol. The van der Waals surface area contributed by atoms with Crippen molar-refractivity contribution in [3.63, 3.8) is 0 Å². The lowest BCUT2D eigenvalue weighted by Crippen LogP contribution is -1.87. The standard InChI is InChI=1S/C20H13N3OS/c1-2-7-14-13(5-1)6-3-9-17(14)24-18-12-25-19-10-4-8-15(20(18)19)16-11-21-23-22-16/h1-12H,(H,21,22,23). The number of ether oxygens (including phenoxy) is 1. The number of aromatic nitrogens is 3. The van der Waals surface area contributed by atoms with Crippen molar-refractivity contribution >= 4 is 32.2 Å². The maximum absolute atomic E-state index is 6.34. The van der Waals surface area contributed by atoms with Gasteiger partial charge < -0.3 is 4.74 Å². The molecule has 0 bridgehead atoms. The van der Waals surface area contributed by atoms with Crippen LogP contribution in [0.25, 0.3) is 32.1 Å². The van der Waals surface area contributed by atoms with Gasteiger partial charge in [-0.25, -0.2) is 0 Å². The molecule has 2 aromatic heterocycles. The summed E-state index contributed by atoms with van der Waals surface area (Å²) in [6.07, 6.45) is 1.73. The van der Waals surface area contributed by atoms with Gasteiger partial charge >= 0.3 is 0 Å². The minimum Gasteiger partial charge on any atom is -0.455 e. The van der Waals surface area contributed by atoms with E-state index in [1.165, 1.54) is 0 Å². The van der Waals surface area contributed by atoms with Gasteiger partial charge in [0.15, 0.2) is 0 Å². The van der Waals surface area contributed by atoms with Crippen molar-refractivity contribution in [1.82, 2.24) is 15.4 Å². The largest absolute Gasteiger partial charge is 0.455 e. The van der Waals surface area contributed by atoms with Gasteiger partial charge in [-0.3, -0.25) is 0 Å². The molecule has 0 radical (unpaired) electrons. The normalized spacial score (nSPS) is 11.2. The van der Waals surface area contributed by atoms with Crippen LogP contribution in [0.4, 0.5) is 0 Å². The third-order valence-electron chi connectivity index (χ3n) is 4.23. The van der Waals surface area contributed by atoms with E-state index in [1.807, 2.05) is 36.4 Å². The predicted molar refractivity (Wildman–Crippen MR) is 101 cm³/mol. The average molecular weight is 343 g/mol. The third kappa shape index (κ3) is 2.37. The highest BCUT2D eigenvalue weighted by Crippen LogP contribution is 2.41. The Balaban J connectivity index is 1.69. The number of hydrogen-bond donors (Lipinski definition) is 1. The molecule has 0 atom stereocenters. The number of aromatic amines is 1. The molecule has 3 aromatic carbocycles. The van der Waals surface area contributed by atoms with E-state index in [-0.39, 0.29) is 0 Å². The molecule has 2 heterocycles. The van der Waals surface area contributed by atoms with Gasteiger partial charge in [0.1, 0.15) is 17.2 Å². The van der Waals surface area contributed by atoms with E-state index in [1.54, 1.807) is 17.5 Å². The van der Waals surface area contributed by atoms with Crippen molar-refractivity contribution in [3.8, 4) is 22.8 Å². The van der Waals surface area contributed by atoms with Crippen LogP contribution in [-0.4, -0.2) is 15.4 Å². The van der Waals surface area contributed by atoms with Crippen LogP contribution in [0.2, 0.25) is 0 Å². The van der Waals surface area contributed by atoms with Crippen molar-refractivity contribution in [2.75, 3.05) is 0 Å². The van der Waals surface area contributed by atoms with Crippen molar-refractivity contribution in [2.24, 2.45) is 0 Å². The Morgan fingerprint density at radius 3 is 2.68 bits per heavy atom. The van der Waals surface area contributed by atoms with Crippen LogP contribution in [0.3, 0.4) is 0 Å². The summed E-state index contributed by atoms with van der Waals surface area (Å²) in [4.78, 5) is 0. The quantitative estimate of drug-likeness (QED) is 0.462. The van der Waals surface area contributed by atoms with E-state index in [0.29, 0.717) is 0 Å². The van der Waals surface area contributed by atoms with Crippen LogP contribution in [-0.2, 0) is 0 Å². The smallest absolute Gasteiger partial charge is 0.146 e. The molecule has 4 nitrogen and oxygen atoms in total. The lowest BCUT2D eigenvalue weighted by Gasteiger charge is -2.09. The second-order valence-electron chi connectivity index (χ2n) is 5.71. The van der Waals surface area contributed by atoms with Gasteiger partial charge in [-0.1, -0.05) is 48.5 Å². The number of nitrogens with zero attached hydrogens (tertiary/aromatic N) is 2. The van der Waals surface area contributed by atoms with E-state index in [0.717, 1.165) is 43.6 Å². The second-order valence-corrected chi connectivity index (χ2v) is 6.62. The zero-order chi connectivity index (χ0) is 16.6. The fourth-order valence-electron chi connectivity index (χ4n) is 3.08. The summed E-state index contributed by atoms with van der Waals surface area (Å²) in [6.45, 7) is 0. The molecule has 0 saturated carbocycles. The van der Waals surface area contributed by atoms with Crippen molar-refractivity contribution < 1.29 is 4.74 Å². The fourth-order valence-corrected chi connectivity index (χ4v) is 3.97. The molecule has 120 valence electrons. The Hall–Kier alpha value is -3.18. The first kappa shape index (κ1) is 14.2. The zero-order valence-corrected chi connectivity index (χ0v) is 14.0. The number of rotatable bonds is 3. The summed E-state index contributed by atoms with van der Waals surface area (Å²) in [7, 11) is 0. The van der Waals surface area contributed by atoms with E-state index in [2.05, 4.69) is 45.1 Å². The van der Waals surface area contributed by atoms with E-state index in [9.17, 15) is 0 Å². The Labute approximate surface area is 147 Å². The molecule has 0 aliphatic heterocycles. The van der Waals surface area contributed by atoms with Crippen LogP contribution in [0.5, 0.6) is 11.5 Å². The Morgan fingerprint density at radius 1 is 0.880 bits per heavy atom. The van der Waals surface area contributed by atoms with Crippen LogP contribution in [0.15, 0.2) is 72.2 Å². The third-order valence-corrected chi connectivity index (χ3v) is 5.15.